The zero-order valence-corrected chi connectivity index (χ0v) is 10.7. The minimum Gasteiger partial charge on any atom is -0.476 e. The maximum absolute atomic E-state index is 10.7. The van der Waals surface area contributed by atoms with E-state index in [2.05, 4.69) is 22.1 Å². The Kier molecular flexibility index (Phi) is 3.96. The molecule has 1 atom stereocenters. The molecule has 17 heavy (non-hydrogen) atoms. The summed E-state index contributed by atoms with van der Waals surface area (Å²) in [4.78, 5) is 17.1. The molecule has 1 aliphatic heterocycles. The Morgan fingerprint density at radius 2 is 2.59 bits per heavy atom. The van der Waals surface area contributed by atoms with E-state index in [1.54, 1.807) is 5.38 Å². The first-order chi connectivity index (χ1) is 8.20. The lowest BCUT2D eigenvalue weighted by Crippen LogP contribution is -2.34. The number of carboxylic acids is 1. The zero-order valence-electron chi connectivity index (χ0n) is 9.85. The third-order valence-electron chi connectivity index (χ3n) is 3.12. The van der Waals surface area contributed by atoms with Gasteiger partial charge < -0.3 is 10.4 Å². The first kappa shape index (κ1) is 12.3. The minimum absolute atomic E-state index is 0.122. The summed E-state index contributed by atoms with van der Waals surface area (Å²) >= 11 is 1.35. The van der Waals surface area contributed by atoms with Gasteiger partial charge in [-0.05, 0) is 25.9 Å². The number of thiazole rings is 1. The normalized spacial score (nSPS) is 20.6. The summed E-state index contributed by atoms with van der Waals surface area (Å²) in [6.45, 7) is 5.26. The number of rotatable bonds is 5. The second kappa shape index (κ2) is 5.46. The summed E-state index contributed by atoms with van der Waals surface area (Å²) in [5.74, 6) is -0.967. The molecule has 94 valence electrons. The summed E-state index contributed by atoms with van der Waals surface area (Å²) in [5.41, 5.74) is 0.122. The Morgan fingerprint density at radius 3 is 3.24 bits per heavy atom. The molecular formula is C11H17N3O2S. The van der Waals surface area contributed by atoms with E-state index in [1.165, 1.54) is 30.7 Å². The summed E-state index contributed by atoms with van der Waals surface area (Å²) in [5, 5.41) is 14.3. The van der Waals surface area contributed by atoms with Gasteiger partial charge in [-0.2, -0.15) is 0 Å². The highest BCUT2D eigenvalue weighted by Gasteiger charge is 2.22. The SMILES string of the molecule is CCN1CCCC1CNc1nc(C(=O)O)cs1. The van der Waals surface area contributed by atoms with E-state index in [0.29, 0.717) is 11.2 Å². The van der Waals surface area contributed by atoms with E-state index >= 15 is 0 Å². The van der Waals surface area contributed by atoms with Gasteiger partial charge in [0.15, 0.2) is 10.8 Å². The van der Waals surface area contributed by atoms with Gasteiger partial charge in [-0.15, -0.1) is 11.3 Å². The number of aromatic nitrogens is 1. The lowest BCUT2D eigenvalue weighted by Gasteiger charge is -2.22. The van der Waals surface area contributed by atoms with Crippen molar-refractivity contribution in [2.24, 2.45) is 0 Å². The average Bonchev–Trinajstić information content (AvgIpc) is 2.95. The van der Waals surface area contributed by atoms with Crippen LogP contribution in [0.1, 0.15) is 30.3 Å². The molecule has 0 aromatic carbocycles. The third kappa shape index (κ3) is 2.95. The maximum atomic E-state index is 10.7. The second-order valence-corrected chi connectivity index (χ2v) is 5.01. The van der Waals surface area contributed by atoms with Gasteiger partial charge in [0.25, 0.3) is 0 Å². The molecule has 5 nitrogen and oxygen atoms in total. The molecule has 2 N–H and O–H groups in total. The molecule has 0 radical (unpaired) electrons. The third-order valence-corrected chi connectivity index (χ3v) is 3.92. The Morgan fingerprint density at radius 1 is 1.76 bits per heavy atom. The van der Waals surface area contributed by atoms with Crippen molar-refractivity contribution in [1.82, 2.24) is 9.88 Å². The number of aromatic carboxylic acids is 1. The first-order valence-electron chi connectivity index (χ1n) is 5.87. The van der Waals surface area contributed by atoms with Crippen LogP contribution in [0.5, 0.6) is 0 Å². The zero-order chi connectivity index (χ0) is 12.3. The topological polar surface area (TPSA) is 65.5 Å². The number of hydrogen-bond acceptors (Lipinski definition) is 5. The van der Waals surface area contributed by atoms with Gasteiger partial charge in [0.2, 0.25) is 0 Å². The molecule has 1 aromatic heterocycles. The molecule has 0 spiro atoms. The molecule has 1 fully saturated rings. The van der Waals surface area contributed by atoms with E-state index in [1.807, 2.05) is 0 Å². The molecule has 0 bridgehead atoms. The van der Waals surface area contributed by atoms with E-state index < -0.39 is 5.97 Å². The number of anilines is 1. The number of carboxylic acid groups (broad SMARTS) is 1. The quantitative estimate of drug-likeness (QED) is 0.839. The summed E-state index contributed by atoms with van der Waals surface area (Å²) in [6, 6.07) is 0.553. The molecule has 0 aliphatic carbocycles. The minimum atomic E-state index is -0.967. The van der Waals surface area contributed by atoms with Gasteiger partial charge in [-0.25, -0.2) is 9.78 Å². The predicted molar refractivity (Wildman–Crippen MR) is 67.8 cm³/mol. The average molecular weight is 255 g/mol. The number of nitrogens with one attached hydrogen (secondary N) is 1. The van der Waals surface area contributed by atoms with Crippen LogP contribution in [-0.4, -0.2) is 46.6 Å². The van der Waals surface area contributed by atoms with Gasteiger partial charge in [0.05, 0.1) is 0 Å². The second-order valence-electron chi connectivity index (χ2n) is 4.15. The van der Waals surface area contributed by atoms with Crippen molar-refractivity contribution < 1.29 is 9.90 Å². The fourth-order valence-corrected chi connectivity index (χ4v) is 2.90. The maximum Gasteiger partial charge on any atom is 0.355 e. The molecule has 0 amide bonds. The molecule has 6 heteroatoms. The van der Waals surface area contributed by atoms with Crippen LogP contribution in [0.3, 0.4) is 0 Å². The molecule has 0 saturated carbocycles. The van der Waals surface area contributed by atoms with Crippen molar-refractivity contribution in [1.29, 1.82) is 0 Å². The van der Waals surface area contributed by atoms with Crippen LogP contribution < -0.4 is 5.32 Å². The fourth-order valence-electron chi connectivity index (χ4n) is 2.20. The number of likely N-dealkylation sites (tertiary alicyclic amines) is 1. The lowest BCUT2D eigenvalue weighted by atomic mass is 10.2. The van der Waals surface area contributed by atoms with Gasteiger partial charge in [-0.1, -0.05) is 6.92 Å². The Bertz CT molecular complexity index is 394. The predicted octanol–water partition coefficient (Wildman–Crippen LogP) is 1.74. The van der Waals surface area contributed by atoms with E-state index in [-0.39, 0.29) is 5.69 Å². The summed E-state index contributed by atoms with van der Waals surface area (Å²) in [6.07, 6.45) is 2.45. The van der Waals surface area contributed by atoms with Crippen molar-refractivity contribution in [3.8, 4) is 0 Å². The molecular weight excluding hydrogens is 238 g/mol. The molecule has 1 saturated heterocycles. The molecule has 1 aliphatic rings. The van der Waals surface area contributed by atoms with Crippen LogP contribution in [0.2, 0.25) is 0 Å². The highest BCUT2D eigenvalue weighted by Crippen LogP contribution is 2.19. The Balaban J connectivity index is 1.86. The van der Waals surface area contributed by atoms with E-state index in [9.17, 15) is 4.79 Å². The van der Waals surface area contributed by atoms with Gasteiger partial charge in [-0.3, -0.25) is 4.90 Å². The summed E-state index contributed by atoms with van der Waals surface area (Å²) < 4.78 is 0. The number of nitrogens with zero attached hydrogens (tertiary/aromatic N) is 2. The first-order valence-corrected chi connectivity index (χ1v) is 6.75. The number of hydrogen-bond donors (Lipinski definition) is 2. The van der Waals surface area contributed by atoms with Gasteiger partial charge >= 0.3 is 5.97 Å². The van der Waals surface area contributed by atoms with Crippen molar-refractivity contribution >= 4 is 22.4 Å². The fraction of sp³-hybridized carbons (Fsp3) is 0.636. The van der Waals surface area contributed by atoms with Crippen LogP contribution in [0.4, 0.5) is 5.13 Å². The molecule has 2 heterocycles. The van der Waals surface area contributed by atoms with Crippen LogP contribution in [0.25, 0.3) is 0 Å². The Labute approximate surface area is 104 Å². The van der Waals surface area contributed by atoms with E-state index in [0.717, 1.165) is 13.1 Å². The van der Waals surface area contributed by atoms with Crippen LogP contribution in [0.15, 0.2) is 5.38 Å². The van der Waals surface area contributed by atoms with Crippen LogP contribution in [-0.2, 0) is 0 Å². The molecule has 1 unspecified atom stereocenters. The highest BCUT2D eigenvalue weighted by molar-refractivity contribution is 7.13. The van der Waals surface area contributed by atoms with Crippen molar-refractivity contribution in [2.45, 2.75) is 25.8 Å². The lowest BCUT2D eigenvalue weighted by molar-refractivity contribution is 0.0691. The standard InChI is InChI=1S/C11H17N3O2S/c1-2-14-5-3-4-8(14)6-12-11-13-9(7-17-11)10(15)16/h7-8H,2-6H2,1H3,(H,12,13)(H,15,16). The molecule has 2 rings (SSSR count). The number of carbonyl (C=O) groups is 1. The van der Waals surface area contributed by atoms with Crippen molar-refractivity contribution in [2.75, 3.05) is 25.0 Å². The van der Waals surface area contributed by atoms with Crippen LogP contribution >= 0.6 is 11.3 Å². The van der Waals surface area contributed by atoms with Crippen molar-refractivity contribution in [3.05, 3.63) is 11.1 Å². The molecule has 1 aromatic rings. The van der Waals surface area contributed by atoms with Gasteiger partial charge in [0, 0.05) is 18.0 Å². The van der Waals surface area contributed by atoms with Crippen LogP contribution in [0, 0.1) is 0 Å². The summed E-state index contributed by atoms with van der Waals surface area (Å²) in [7, 11) is 0. The highest BCUT2D eigenvalue weighted by atomic mass is 32.1. The monoisotopic (exact) mass is 255 g/mol. The van der Waals surface area contributed by atoms with Crippen molar-refractivity contribution in [3.63, 3.8) is 0 Å². The smallest absolute Gasteiger partial charge is 0.355 e. The Hall–Kier alpha value is -1.14. The largest absolute Gasteiger partial charge is 0.476 e. The van der Waals surface area contributed by atoms with E-state index in [4.69, 9.17) is 5.11 Å². The number of likely N-dealkylation sites (N-methyl/N-ethyl adjacent to an activating group) is 1. The van der Waals surface area contributed by atoms with Gasteiger partial charge in [0.1, 0.15) is 0 Å².